The number of ketones is 2. The van der Waals surface area contributed by atoms with E-state index in [1.165, 1.54) is 52.7 Å². The lowest BCUT2D eigenvalue weighted by molar-refractivity contribution is -0.146. The predicted molar refractivity (Wildman–Crippen MR) is 485 cm³/mol. The summed E-state index contributed by atoms with van der Waals surface area (Å²) in [6.45, 7) is 36.4. The molecule has 0 aromatic rings. The van der Waals surface area contributed by atoms with Crippen molar-refractivity contribution < 1.29 is 110 Å². The van der Waals surface area contributed by atoms with E-state index in [1.807, 2.05) is 27.7 Å². The zero-order valence-corrected chi connectivity index (χ0v) is 78.9. The van der Waals surface area contributed by atoms with E-state index in [9.17, 15) is 67.1 Å². The molecule has 0 aromatic carbocycles. The van der Waals surface area contributed by atoms with Crippen LogP contribution in [0.5, 0.6) is 0 Å². The topological polar surface area (TPSA) is 429 Å². The van der Waals surface area contributed by atoms with Gasteiger partial charge >= 0.3 is 48.3 Å². The van der Waals surface area contributed by atoms with Crippen LogP contribution in [-0.2, 0) is 85.8 Å². The maximum absolute atomic E-state index is 13.6. The van der Waals surface area contributed by atoms with Crippen molar-refractivity contribution in [3.63, 3.8) is 0 Å². The van der Waals surface area contributed by atoms with Crippen LogP contribution in [0.1, 0.15) is 313 Å². The number of Topliss-reactive ketones (excluding diaryl/α,β-unsaturated/α-hetero) is 2. The zero-order chi connectivity index (χ0) is 94.5. The van der Waals surface area contributed by atoms with Gasteiger partial charge in [-0.3, -0.25) is 33.6 Å². The number of alkyl carbamates (subject to hydrolysis) is 4. The highest BCUT2D eigenvalue weighted by atomic mass is 16.6. The molecule has 0 fully saturated rings. The number of aliphatic hydroxyl groups is 1. The van der Waals surface area contributed by atoms with Crippen molar-refractivity contribution in [2.75, 3.05) is 88.2 Å². The molecule has 8 amide bonds. The van der Waals surface area contributed by atoms with Gasteiger partial charge in [0.2, 0.25) is 23.6 Å². The van der Waals surface area contributed by atoms with Crippen LogP contribution in [0.4, 0.5) is 19.2 Å². The summed E-state index contributed by atoms with van der Waals surface area (Å²) >= 11 is 0. The highest BCUT2D eigenvalue weighted by Crippen LogP contribution is 2.23. The van der Waals surface area contributed by atoms with Crippen molar-refractivity contribution in [1.29, 1.82) is 0 Å². The molecular formula is C93H168N8O23. The van der Waals surface area contributed by atoms with Gasteiger partial charge in [0, 0.05) is 75.7 Å². The second-order valence-electron chi connectivity index (χ2n) is 30.9. The normalized spacial score (nSPS) is 12.8. The highest BCUT2D eigenvalue weighted by Gasteiger charge is 2.33. The lowest BCUT2D eigenvalue weighted by Crippen LogP contribution is -2.47. The Hall–Kier alpha value is -8.90. The third-order valence-electron chi connectivity index (χ3n) is 20.2. The fourth-order valence-electron chi connectivity index (χ4n) is 12.4. The van der Waals surface area contributed by atoms with Crippen molar-refractivity contribution in [3.05, 3.63) is 50.6 Å². The average molecular weight is 1770 g/mol. The monoisotopic (exact) mass is 1770 g/mol. The Morgan fingerprint density at radius 3 is 0.782 bits per heavy atom. The van der Waals surface area contributed by atoms with Crippen molar-refractivity contribution in [2.45, 2.75) is 337 Å². The van der Waals surface area contributed by atoms with Gasteiger partial charge in [-0.2, -0.15) is 0 Å². The summed E-state index contributed by atoms with van der Waals surface area (Å²) in [7, 11) is 6.26. The second kappa shape index (κ2) is 87.6. The quantitative estimate of drug-likeness (QED) is 0.0118. The van der Waals surface area contributed by atoms with E-state index in [-0.39, 0.29) is 104 Å². The van der Waals surface area contributed by atoms with Crippen LogP contribution < -0.4 is 42.5 Å². The van der Waals surface area contributed by atoms with E-state index in [0.29, 0.717) is 103 Å². The minimum Gasteiger partial charge on any atom is -0.469 e. The summed E-state index contributed by atoms with van der Waals surface area (Å²) in [4.78, 5) is 171. The number of esters is 4. The van der Waals surface area contributed by atoms with E-state index in [2.05, 4.69) is 115 Å². The van der Waals surface area contributed by atoms with Gasteiger partial charge < -0.3 is 85.5 Å². The number of unbranched alkanes of at least 4 members (excludes halogenated alkanes) is 16. The standard InChI is InChI=1S/C34H61N3O7.C27H48N2O6.C19H34N2O5.C12H21NO4.CH4O/c1-7-11-14-19-26(5)31(39)36-28(21-16-13-9-3)30(38)25-27(20-15-12-8-2)32(40)37-29(33(41)43-6)22-17-18-23-35-34(42)44-24-10-4;1-6-9-11-15-21(4)24(30)20-22(16-12-10-7-2)25(31)29-23(26(32)34-5)17-13-14-18-28-27(33)35-19-8-3;1-5-7-8-11-15(3)17(22)21-16(18(23)25-4)12-9-10-13-20-19(24)26-14-6-2;1-4-9-17-12(15)13-8-6-5-7-10(2)11(14)16-3;1-2/h10,26-29H,4,7-9,11-25H2,1-3,5-6H3,(H,35,42)(H,36,39)(H,37,40);8,21-23H,3,6-7,9-20H2,1-2,4-5H3,(H,28,33)(H,29,31);6,15-16H,2,5,7-14H2,1,3-4H3,(H,20,24)(H,21,22);4,10H,1,5-9H2,2-3H3,(H,13,15);2H,1H3/t26-,27+,28-,29-;21-,22+,23-;15-,16-;10-;/m0000./s1. The number of ether oxygens (including phenoxy) is 8. The van der Waals surface area contributed by atoms with Crippen molar-refractivity contribution >= 4 is 83.4 Å². The van der Waals surface area contributed by atoms with E-state index in [1.54, 1.807) is 0 Å². The molecule has 31 heteroatoms. The summed E-state index contributed by atoms with van der Waals surface area (Å²) < 4.78 is 38.5. The molecule has 9 N–H and O–H groups in total. The number of amides is 8. The van der Waals surface area contributed by atoms with Crippen LogP contribution in [0.25, 0.3) is 0 Å². The third-order valence-corrected chi connectivity index (χ3v) is 20.2. The summed E-state index contributed by atoms with van der Waals surface area (Å²) in [6.07, 6.45) is 33.4. The first-order valence-electron chi connectivity index (χ1n) is 45.6. The summed E-state index contributed by atoms with van der Waals surface area (Å²) in [6, 6.07) is -2.95. The van der Waals surface area contributed by atoms with Gasteiger partial charge in [-0.1, -0.05) is 242 Å². The van der Waals surface area contributed by atoms with Gasteiger partial charge in [-0.15, -0.1) is 0 Å². The maximum atomic E-state index is 13.6. The molecule has 718 valence electrons. The van der Waals surface area contributed by atoms with E-state index >= 15 is 0 Å². The predicted octanol–water partition coefficient (Wildman–Crippen LogP) is 15.7. The number of hydrogen-bond donors (Lipinski definition) is 9. The Kier molecular flexibility index (Phi) is 87.3. The van der Waals surface area contributed by atoms with Gasteiger partial charge in [0.15, 0.2) is 5.78 Å². The van der Waals surface area contributed by atoms with Crippen LogP contribution in [0.3, 0.4) is 0 Å². The Morgan fingerprint density at radius 1 is 0.274 bits per heavy atom. The number of rotatable bonds is 70. The Morgan fingerprint density at radius 2 is 0.500 bits per heavy atom. The highest BCUT2D eigenvalue weighted by molar-refractivity contribution is 5.94. The third kappa shape index (κ3) is 71.4. The maximum Gasteiger partial charge on any atom is 0.407 e. The first kappa shape index (κ1) is 124. The zero-order valence-electron chi connectivity index (χ0n) is 78.9. The molecule has 31 nitrogen and oxygen atoms in total. The lowest BCUT2D eigenvalue weighted by Gasteiger charge is -2.24. The number of carbonyl (C=O) groups is 14. The van der Waals surface area contributed by atoms with Gasteiger partial charge in [0.25, 0.3) is 0 Å². The van der Waals surface area contributed by atoms with Gasteiger partial charge in [-0.05, 0) is 109 Å². The molecule has 0 aliphatic carbocycles. The molecule has 0 rings (SSSR count). The van der Waals surface area contributed by atoms with Crippen LogP contribution in [-0.4, -0.2) is 201 Å². The molecule has 0 radical (unpaired) electrons. The minimum atomic E-state index is -0.868. The number of nitrogens with one attached hydrogen (secondary N) is 8. The van der Waals surface area contributed by atoms with Gasteiger partial charge in [0.05, 0.1) is 40.4 Å². The van der Waals surface area contributed by atoms with Gasteiger partial charge in [0.1, 0.15) is 50.3 Å². The molecule has 0 aromatic heterocycles. The SMILES string of the molecule is C=CCOC(=O)NCCCC[C@H](C)C(=O)OC.C=CCOC(=O)NCCCC[C@H](NC(=O)[C@@H](C)CCCCC)C(=O)OC.C=CCOC(=O)NCCCC[C@H](NC(=O)[C@H](CCCCC)CC(=O)[C@@H](C)CCCCC)C(=O)OC.C=CCOC(=O)NCCCC[C@H](NC(=O)[C@H](CCCCC)CC(=O)[C@H](CCCCC)NC(=O)[C@@H](C)CCCCC)C(=O)OC.CO. The second-order valence-corrected chi connectivity index (χ2v) is 30.9. The summed E-state index contributed by atoms with van der Waals surface area (Å²) in [5, 5.41) is 28.9. The molecule has 0 unspecified atom stereocenters. The van der Waals surface area contributed by atoms with Crippen molar-refractivity contribution in [2.24, 2.45) is 35.5 Å². The lowest BCUT2D eigenvalue weighted by atomic mass is 9.88. The summed E-state index contributed by atoms with van der Waals surface area (Å²) in [5.41, 5.74) is 0. The molecule has 0 aliphatic rings. The van der Waals surface area contributed by atoms with Crippen molar-refractivity contribution in [1.82, 2.24) is 42.5 Å². The molecule has 0 bridgehead atoms. The smallest absolute Gasteiger partial charge is 0.407 e. The average Bonchev–Trinajstić information content (AvgIpc) is 0.872. The first-order chi connectivity index (χ1) is 59.5. The molecule has 10 atom stereocenters. The number of hydrogen-bond acceptors (Lipinski definition) is 23. The Balaban J connectivity index is -0.000000529. The van der Waals surface area contributed by atoms with Crippen LogP contribution in [0, 0.1) is 35.5 Å². The molecule has 0 saturated heterocycles. The molecule has 0 spiro atoms. The molecule has 0 saturated carbocycles. The first-order valence-corrected chi connectivity index (χ1v) is 45.6. The van der Waals surface area contributed by atoms with E-state index in [0.717, 1.165) is 161 Å². The Bertz CT molecular complexity index is 2900. The minimum absolute atomic E-state index is 0.00146. The van der Waals surface area contributed by atoms with E-state index in [4.69, 9.17) is 38.3 Å². The largest absolute Gasteiger partial charge is 0.469 e. The number of methoxy groups -OCH3 is 4. The van der Waals surface area contributed by atoms with E-state index < -0.39 is 78.3 Å². The summed E-state index contributed by atoms with van der Waals surface area (Å²) in [5.74, 6) is -4.13. The molecule has 124 heavy (non-hydrogen) atoms. The Labute approximate surface area is 744 Å². The van der Waals surface area contributed by atoms with Crippen LogP contribution in [0.15, 0.2) is 50.6 Å². The fraction of sp³-hybridized carbons (Fsp3) is 0.763. The van der Waals surface area contributed by atoms with Crippen molar-refractivity contribution in [3.8, 4) is 0 Å². The van der Waals surface area contributed by atoms with Crippen LogP contribution in [0.2, 0.25) is 0 Å². The molecular weight excluding hydrogens is 1600 g/mol. The fourth-order valence-corrected chi connectivity index (χ4v) is 12.4. The number of aliphatic hydroxyl groups excluding tert-OH is 1. The van der Waals surface area contributed by atoms with Crippen LogP contribution >= 0.6 is 0 Å². The molecule has 0 aliphatic heterocycles. The molecule has 0 heterocycles. The number of carbonyl (C=O) groups excluding carboxylic acids is 14. The van der Waals surface area contributed by atoms with Gasteiger partial charge in [-0.25, -0.2) is 33.6 Å².